The molecule has 0 spiro atoms. The van der Waals surface area contributed by atoms with Crippen LogP contribution in [0, 0.1) is 13.8 Å². The van der Waals surface area contributed by atoms with Crippen molar-refractivity contribution in [3.05, 3.63) is 70.4 Å². The number of piperazine rings is 1. The smallest absolute Gasteiger partial charge is 0.338 e. The third-order valence-electron chi connectivity index (χ3n) is 6.68. The zero-order chi connectivity index (χ0) is 26.5. The third kappa shape index (κ3) is 6.43. The number of esters is 1. The Kier molecular flexibility index (Phi) is 8.38. The van der Waals surface area contributed by atoms with E-state index in [1.165, 1.54) is 16.8 Å². The quantitative estimate of drug-likeness (QED) is 0.525. The first-order valence-corrected chi connectivity index (χ1v) is 13.0. The molecule has 1 fully saturated rings. The average molecular weight is 507 g/mol. The van der Waals surface area contributed by atoms with Crippen LogP contribution in [0.15, 0.2) is 53.7 Å². The Hall–Kier alpha value is -3.52. The number of hydrogen-bond donors (Lipinski definition) is 2. The zero-order valence-electron chi connectivity index (χ0n) is 22.5. The first-order chi connectivity index (χ1) is 17.7. The summed E-state index contributed by atoms with van der Waals surface area (Å²) in [6, 6.07) is 13.1. The molecule has 198 valence electrons. The number of benzene rings is 2. The van der Waals surface area contributed by atoms with Gasteiger partial charge in [0.15, 0.2) is 0 Å². The summed E-state index contributed by atoms with van der Waals surface area (Å²) in [5.41, 5.74) is 5.63. The van der Waals surface area contributed by atoms with E-state index in [0.29, 0.717) is 17.8 Å². The lowest BCUT2D eigenvalue weighted by Crippen LogP contribution is -2.52. The topological polar surface area (TPSA) is 83.1 Å². The predicted molar refractivity (Wildman–Crippen MR) is 145 cm³/mol. The normalized spacial score (nSPS) is 18.5. The molecule has 2 aliphatic heterocycles. The molecule has 8 heteroatoms. The fourth-order valence-electron chi connectivity index (χ4n) is 4.98. The van der Waals surface area contributed by atoms with Gasteiger partial charge in [-0.1, -0.05) is 29.8 Å². The van der Waals surface area contributed by atoms with Gasteiger partial charge in [-0.2, -0.15) is 0 Å². The lowest BCUT2D eigenvalue weighted by molar-refractivity contribution is -0.139. The number of ether oxygens (including phenoxy) is 2. The summed E-state index contributed by atoms with van der Waals surface area (Å²) in [4.78, 5) is 30.5. The number of nitrogens with one attached hydrogen (secondary N) is 2. The van der Waals surface area contributed by atoms with E-state index in [9.17, 15) is 9.59 Å². The standard InChI is InChI=1S/C29H38N4O4/c1-6-36-28(34)26-24(18-32-13-15-33(16-14-32)25-12-7-20(4)17-21(25)5)30-29(35)31-27(26)22-8-10-23(11-9-22)37-19(2)3/h7-12,17,19,27H,6,13-16,18H2,1-5H3,(H2,30,31,35)/t27-/m1/s1. The van der Waals surface area contributed by atoms with Gasteiger partial charge in [0, 0.05) is 44.1 Å². The molecule has 0 bridgehead atoms. The van der Waals surface area contributed by atoms with Crippen LogP contribution in [0.4, 0.5) is 10.5 Å². The summed E-state index contributed by atoms with van der Waals surface area (Å²) in [6.45, 7) is 14.1. The number of amides is 2. The zero-order valence-corrected chi connectivity index (χ0v) is 22.5. The van der Waals surface area contributed by atoms with Crippen LogP contribution in [0.5, 0.6) is 5.75 Å². The molecule has 2 N–H and O–H groups in total. The molecule has 2 aliphatic rings. The maximum Gasteiger partial charge on any atom is 0.338 e. The fraction of sp³-hybridized carbons (Fsp3) is 0.448. The Morgan fingerprint density at radius 3 is 2.38 bits per heavy atom. The van der Waals surface area contributed by atoms with Gasteiger partial charge in [-0.05, 0) is 63.9 Å². The van der Waals surface area contributed by atoms with E-state index in [0.717, 1.165) is 37.5 Å². The maximum atomic E-state index is 13.1. The van der Waals surface area contributed by atoms with Gasteiger partial charge in [-0.3, -0.25) is 4.90 Å². The molecule has 0 radical (unpaired) electrons. The van der Waals surface area contributed by atoms with Gasteiger partial charge >= 0.3 is 12.0 Å². The first kappa shape index (κ1) is 26.5. The minimum absolute atomic E-state index is 0.0569. The molecule has 0 saturated carbocycles. The highest BCUT2D eigenvalue weighted by molar-refractivity contribution is 5.95. The molecule has 2 heterocycles. The van der Waals surface area contributed by atoms with Gasteiger partial charge in [0.2, 0.25) is 0 Å². The summed E-state index contributed by atoms with van der Waals surface area (Å²) in [6.07, 6.45) is 0.0569. The van der Waals surface area contributed by atoms with Crippen LogP contribution in [0.2, 0.25) is 0 Å². The van der Waals surface area contributed by atoms with Crippen molar-refractivity contribution in [1.82, 2.24) is 15.5 Å². The summed E-state index contributed by atoms with van der Waals surface area (Å²) >= 11 is 0. The van der Waals surface area contributed by atoms with Crippen molar-refractivity contribution in [2.45, 2.75) is 46.8 Å². The van der Waals surface area contributed by atoms with E-state index in [1.54, 1.807) is 6.92 Å². The Balaban J connectivity index is 1.54. The lowest BCUT2D eigenvalue weighted by Gasteiger charge is -2.38. The molecule has 0 aliphatic carbocycles. The Morgan fingerprint density at radius 1 is 1.05 bits per heavy atom. The molecule has 1 saturated heterocycles. The number of carbonyl (C=O) groups is 2. The molecule has 4 rings (SSSR count). The second-order valence-corrected chi connectivity index (χ2v) is 9.93. The summed E-state index contributed by atoms with van der Waals surface area (Å²) in [7, 11) is 0. The van der Waals surface area contributed by atoms with Crippen molar-refractivity contribution < 1.29 is 19.1 Å². The molecule has 0 aromatic heterocycles. The average Bonchev–Trinajstić information content (AvgIpc) is 2.84. The SMILES string of the molecule is CCOC(=O)C1=C(CN2CCN(c3ccc(C)cc3C)CC2)NC(=O)N[C@@H]1c1ccc(OC(C)C)cc1. The van der Waals surface area contributed by atoms with E-state index in [4.69, 9.17) is 9.47 Å². The molecule has 2 amide bonds. The largest absolute Gasteiger partial charge is 0.491 e. The van der Waals surface area contributed by atoms with Gasteiger partial charge in [0.05, 0.1) is 24.3 Å². The summed E-state index contributed by atoms with van der Waals surface area (Å²) in [5, 5.41) is 5.81. The maximum absolute atomic E-state index is 13.1. The summed E-state index contributed by atoms with van der Waals surface area (Å²) in [5.74, 6) is 0.314. The highest BCUT2D eigenvalue weighted by atomic mass is 16.5. The molecule has 2 aromatic carbocycles. The number of urea groups is 1. The van der Waals surface area contributed by atoms with Crippen LogP contribution >= 0.6 is 0 Å². The van der Waals surface area contributed by atoms with Crippen molar-refractivity contribution >= 4 is 17.7 Å². The van der Waals surface area contributed by atoms with Gasteiger partial charge in [0.1, 0.15) is 5.75 Å². The third-order valence-corrected chi connectivity index (χ3v) is 6.68. The van der Waals surface area contributed by atoms with Gasteiger partial charge in [-0.25, -0.2) is 9.59 Å². The Bertz CT molecular complexity index is 1150. The summed E-state index contributed by atoms with van der Waals surface area (Å²) < 4.78 is 11.2. The monoisotopic (exact) mass is 506 g/mol. The highest BCUT2D eigenvalue weighted by Gasteiger charge is 2.34. The Labute approximate surface area is 219 Å². The van der Waals surface area contributed by atoms with E-state index >= 15 is 0 Å². The molecular formula is C29H38N4O4. The number of aryl methyl sites for hydroxylation is 2. The van der Waals surface area contributed by atoms with Crippen molar-refractivity contribution in [3.63, 3.8) is 0 Å². The molecular weight excluding hydrogens is 468 g/mol. The van der Waals surface area contributed by atoms with Crippen LogP contribution in [0.1, 0.15) is 43.5 Å². The lowest BCUT2D eigenvalue weighted by atomic mass is 9.94. The van der Waals surface area contributed by atoms with Crippen molar-refractivity contribution in [1.29, 1.82) is 0 Å². The van der Waals surface area contributed by atoms with Crippen LogP contribution in [0.3, 0.4) is 0 Å². The van der Waals surface area contributed by atoms with Gasteiger partial charge < -0.3 is 25.0 Å². The highest BCUT2D eigenvalue weighted by Crippen LogP contribution is 2.30. The minimum Gasteiger partial charge on any atom is -0.491 e. The van der Waals surface area contributed by atoms with E-state index < -0.39 is 12.0 Å². The van der Waals surface area contributed by atoms with E-state index in [-0.39, 0.29) is 18.7 Å². The first-order valence-electron chi connectivity index (χ1n) is 13.0. The molecule has 0 unspecified atom stereocenters. The number of rotatable bonds is 8. The van der Waals surface area contributed by atoms with Crippen molar-refractivity contribution in [2.75, 3.05) is 44.2 Å². The fourth-order valence-corrected chi connectivity index (χ4v) is 4.98. The minimum atomic E-state index is -0.604. The number of carbonyl (C=O) groups excluding carboxylic acids is 2. The van der Waals surface area contributed by atoms with E-state index in [2.05, 4.69) is 52.5 Å². The second-order valence-electron chi connectivity index (χ2n) is 9.93. The number of nitrogens with zero attached hydrogens (tertiary/aromatic N) is 2. The molecule has 2 aromatic rings. The number of anilines is 1. The van der Waals surface area contributed by atoms with Crippen molar-refractivity contribution in [3.8, 4) is 5.75 Å². The molecule has 37 heavy (non-hydrogen) atoms. The molecule has 8 nitrogen and oxygen atoms in total. The van der Waals surface area contributed by atoms with E-state index in [1.807, 2.05) is 38.1 Å². The number of hydrogen-bond acceptors (Lipinski definition) is 6. The van der Waals surface area contributed by atoms with Crippen LogP contribution in [-0.4, -0.2) is 62.3 Å². The van der Waals surface area contributed by atoms with Crippen LogP contribution in [0.25, 0.3) is 0 Å². The van der Waals surface area contributed by atoms with Crippen LogP contribution < -0.4 is 20.3 Å². The van der Waals surface area contributed by atoms with Crippen molar-refractivity contribution in [2.24, 2.45) is 0 Å². The molecule has 1 atom stereocenters. The van der Waals surface area contributed by atoms with Gasteiger partial charge in [0.25, 0.3) is 0 Å². The second kappa shape index (κ2) is 11.7. The van der Waals surface area contributed by atoms with Crippen LogP contribution in [-0.2, 0) is 9.53 Å². The Morgan fingerprint density at radius 2 is 1.76 bits per heavy atom. The predicted octanol–water partition coefficient (Wildman–Crippen LogP) is 4.08. The van der Waals surface area contributed by atoms with Gasteiger partial charge in [-0.15, -0.1) is 0 Å².